The van der Waals surface area contributed by atoms with E-state index >= 15 is 0 Å². The van der Waals surface area contributed by atoms with E-state index in [1.807, 2.05) is 6.92 Å². The van der Waals surface area contributed by atoms with Gasteiger partial charge in [0.05, 0.1) is 17.1 Å². The summed E-state index contributed by atoms with van der Waals surface area (Å²) in [5.41, 5.74) is 2.20. The predicted molar refractivity (Wildman–Crippen MR) is 68.1 cm³/mol. The van der Waals surface area contributed by atoms with Crippen LogP contribution in [0.1, 0.15) is 19.8 Å². The summed E-state index contributed by atoms with van der Waals surface area (Å²) in [5, 5.41) is 22.5. The molecule has 100 valence electrons. The molecular formula is C10H17N5O3. The number of pyridine rings is 1. The van der Waals surface area contributed by atoms with E-state index in [4.69, 9.17) is 10.9 Å². The number of aliphatic hydroxyl groups is 1. The second-order valence-corrected chi connectivity index (χ2v) is 3.91. The number of hydrogen-bond acceptors (Lipinski definition) is 7. The third-order valence-corrected chi connectivity index (χ3v) is 2.36. The predicted octanol–water partition coefficient (Wildman–Crippen LogP) is 0.848. The Labute approximate surface area is 104 Å². The van der Waals surface area contributed by atoms with Gasteiger partial charge in [0, 0.05) is 12.6 Å². The minimum atomic E-state index is -0.508. The number of nitrogens with two attached hydrogens (primary N) is 1. The molecule has 1 unspecified atom stereocenters. The lowest BCUT2D eigenvalue weighted by Gasteiger charge is -2.14. The highest BCUT2D eigenvalue weighted by atomic mass is 16.6. The first-order valence-corrected chi connectivity index (χ1v) is 5.57. The highest BCUT2D eigenvalue weighted by molar-refractivity contribution is 5.54. The van der Waals surface area contributed by atoms with Crippen molar-refractivity contribution in [2.24, 2.45) is 5.84 Å². The van der Waals surface area contributed by atoms with E-state index < -0.39 is 4.92 Å². The van der Waals surface area contributed by atoms with Crippen LogP contribution in [0.3, 0.4) is 0 Å². The lowest BCUT2D eigenvalue weighted by molar-refractivity contribution is -0.384. The van der Waals surface area contributed by atoms with Gasteiger partial charge in [-0.05, 0) is 19.8 Å². The summed E-state index contributed by atoms with van der Waals surface area (Å²) >= 11 is 0. The standard InChI is InChI=1S/C10H17N5O3/c1-7(3-2-4-16)12-9-5-8(15(17)18)6-10(13-9)14-11/h5-7,16H,2-4,11H2,1H3,(H2,12,13,14). The fourth-order valence-corrected chi connectivity index (χ4v) is 1.49. The van der Waals surface area contributed by atoms with Crippen LogP contribution in [0.25, 0.3) is 0 Å². The maximum absolute atomic E-state index is 10.7. The summed E-state index contributed by atoms with van der Waals surface area (Å²) in [6, 6.07) is 2.65. The molecule has 1 rings (SSSR count). The average Bonchev–Trinajstić information content (AvgIpc) is 2.35. The van der Waals surface area contributed by atoms with E-state index in [2.05, 4.69) is 15.7 Å². The Morgan fingerprint density at radius 3 is 2.78 bits per heavy atom. The number of rotatable bonds is 7. The molecule has 0 bridgehead atoms. The van der Waals surface area contributed by atoms with Crippen LogP contribution in [0.15, 0.2) is 12.1 Å². The fourth-order valence-electron chi connectivity index (χ4n) is 1.49. The molecule has 0 saturated carbocycles. The Morgan fingerprint density at radius 2 is 2.22 bits per heavy atom. The summed E-state index contributed by atoms with van der Waals surface area (Å²) in [6.07, 6.45) is 1.40. The van der Waals surface area contributed by atoms with Crippen molar-refractivity contribution < 1.29 is 10.0 Å². The van der Waals surface area contributed by atoms with Crippen molar-refractivity contribution >= 4 is 17.3 Å². The first-order valence-electron chi connectivity index (χ1n) is 5.57. The van der Waals surface area contributed by atoms with Crippen molar-refractivity contribution in [2.45, 2.75) is 25.8 Å². The second-order valence-electron chi connectivity index (χ2n) is 3.91. The highest BCUT2D eigenvalue weighted by Gasteiger charge is 2.12. The molecule has 1 heterocycles. The smallest absolute Gasteiger partial charge is 0.276 e. The van der Waals surface area contributed by atoms with Crippen LogP contribution in [-0.2, 0) is 0 Å². The highest BCUT2D eigenvalue weighted by Crippen LogP contribution is 2.20. The first kappa shape index (κ1) is 14.1. The Bertz CT molecular complexity index is 412. The zero-order valence-electron chi connectivity index (χ0n) is 10.1. The van der Waals surface area contributed by atoms with E-state index in [0.29, 0.717) is 12.2 Å². The maximum Gasteiger partial charge on any atom is 0.276 e. The molecule has 1 aromatic heterocycles. The number of nitro groups is 1. The van der Waals surface area contributed by atoms with Crippen LogP contribution >= 0.6 is 0 Å². The van der Waals surface area contributed by atoms with Crippen LogP contribution in [-0.4, -0.2) is 27.7 Å². The monoisotopic (exact) mass is 255 g/mol. The Hall–Kier alpha value is -1.93. The van der Waals surface area contributed by atoms with Gasteiger partial charge in [-0.15, -0.1) is 0 Å². The quantitative estimate of drug-likeness (QED) is 0.323. The van der Waals surface area contributed by atoms with Gasteiger partial charge in [-0.25, -0.2) is 10.8 Å². The minimum absolute atomic E-state index is 0.0530. The molecule has 18 heavy (non-hydrogen) atoms. The molecule has 1 atom stereocenters. The second kappa shape index (κ2) is 6.72. The van der Waals surface area contributed by atoms with Gasteiger partial charge in [-0.2, -0.15) is 0 Å². The summed E-state index contributed by atoms with van der Waals surface area (Å²) in [6.45, 7) is 2.02. The summed E-state index contributed by atoms with van der Waals surface area (Å²) < 4.78 is 0. The molecule has 0 radical (unpaired) electrons. The number of aromatic nitrogens is 1. The zero-order chi connectivity index (χ0) is 13.5. The van der Waals surface area contributed by atoms with Crippen molar-refractivity contribution in [1.29, 1.82) is 0 Å². The molecule has 0 spiro atoms. The van der Waals surface area contributed by atoms with Gasteiger partial charge in [0.1, 0.15) is 11.6 Å². The molecule has 5 N–H and O–H groups in total. The van der Waals surface area contributed by atoms with Crippen LogP contribution in [0.5, 0.6) is 0 Å². The topological polar surface area (TPSA) is 126 Å². The summed E-state index contributed by atoms with van der Waals surface area (Å²) in [4.78, 5) is 14.3. The van der Waals surface area contributed by atoms with Gasteiger partial charge < -0.3 is 15.8 Å². The largest absolute Gasteiger partial charge is 0.396 e. The van der Waals surface area contributed by atoms with Crippen LogP contribution < -0.4 is 16.6 Å². The molecular weight excluding hydrogens is 238 g/mol. The van der Waals surface area contributed by atoms with E-state index in [1.165, 1.54) is 12.1 Å². The zero-order valence-corrected chi connectivity index (χ0v) is 10.1. The average molecular weight is 255 g/mol. The van der Waals surface area contributed by atoms with Gasteiger partial charge in [0.15, 0.2) is 0 Å². The molecule has 8 heteroatoms. The number of hydrazine groups is 1. The van der Waals surface area contributed by atoms with Crippen LogP contribution in [0, 0.1) is 10.1 Å². The lowest BCUT2D eigenvalue weighted by Crippen LogP contribution is -2.17. The third-order valence-electron chi connectivity index (χ3n) is 2.36. The minimum Gasteiger partial charge on any atom is -0.396 e. The Kier molecular flexibility index (Phi) is 5.28. The van der Waals surface area contributed by atoms with Crippen molar-refractivity contribution in [2.75, 3.05) is 17.3 Å². The molecule has 0 aliphatic heterocycles. The van der Waals surface area contributed by atoms with Crippen molar-refractivity contribution in [3.8, 4) is 0 Å². The number of nitrogens with one attached hydrogen (secondary N) is 2. The maximum atomic E-state index is 10.7. The number of nitrogens with zero attached hydrogens (tertiary/aromatic N) is 2. The van der Waals surface area contributed by atoms with E-state index in [0.717, 1.165) is 6.42 Å². The number of hydrogen-bond donors (Lipinski definition) is 4. The Morgan fingerprint density at radius 1 is 1.56 bits per heavy atom. The third kappa shape index (κ3) is 4.15. The van der Waals surface area contributed by atoms with Crippen molar-refractivity contribution in [1.82, 2.24) is 4.98 Å². The molecule has 0 amide bonds. The Balaban J connectivity index is 2.81. The molecule has 0 saturated heterocycles. The molecule has 0 aromatic carbocycles. The first-order chi connectivity index (χ1) is 8.56. The van der Waals surface area contributed by atoms with Crippen molar-refractivity contribution in [3.63, 3.8) is 0 Å². The van der Waals surface area contributed by atoms with E-state index in [1.54, 1.807) is 0 Å². The van der Waals surface area contributed by atoms with Crippen LogP contribution in [0.4, 0.5) is 17.3 Å². The van der Waals surface area contributed by atoms with Gasteiger partial charge >= 0.3 is 0 Å². The number of anilines is 2. The van der Waals surface area contributed by atoms with Gasteiger partial charge in [0.2, 0.25) is 0 Å². The SMILES string of the molecule is CC(CCCO)Nc1cc([N+](=O)[O-])cc(NN)n1. The van der Waals surface area contributed by atoms with E-state index in [-0.39, 0.29) is 24.2 Å². The summed E-state index contributed by atoms with van der Waals surface area (Å²) in [7, 11) is 0. The number of aliphatic hydroxyl groups excluding tert-OH is 1. The van der Waals surface area contributed by atoms with Gasteiger partial charge in [-0.1, -0.05) is 0 Å². The summed E-state index contributed by atoms with van der Waals surface area (Å²) in [5.74, 6) is 5.80. The molecule has 0 fully saturated rings. The molecule has 0 aliphatic carbocycles. The van der Waals surface area contributed by atoms with E-state index in [9.17, 15) is 10.1 Å². The molecule has 8 nitrogen and oxygen atoms in total. The lowest BCUT2D eigenvalue weighted by atomic mass is 10.2. The van der Waals surface area contributed by atoms with Crippen molar-refractivity contribution in [3.05, 3.63) is 22.2 Å². The fraction of sp³-hybridized carbons (Fsp3) is 0.500. The van der Waals surface area contributed by atoms with Crippen LogP contribution in [0.2, 0.25) is 0 Å². The molecule has 0 aliphatic rings. The van der Waals surface area contributed by atoms with Gasteiger partial charge in [0.25, 0.3) is 5.69 Å². The molecule has 1 aromatic rings. The normalized spacial score (nSPS) is 11.9. The number of nitrogen functional groups attached to an aromatic ring is 1. The van der Waals surface area contributed by atoms with Gasteiger partial charge in [-0.3, -0.25) is 10.1 Å².